The highest BCUT2D eigenvalue weighted by molar-refractivity contribution is 7.17. The second-order valence-electron chi connectivity index (χ2n) is 4.21. The summed E-state index contributed by atoms with van der Waals surface area (Å²) >= 11 is 7.09. The molecule has 0 radical (unpaired) electrons. The average molecular weight is 302 g/mol. The third-order valence-corrected chi connectivity index (χ3v) is 4.03. The number of aliphatic hydroxyl groups excluding tert-OH is 1. The monoisotopic (exact) mass is 301 g/mol. The van der Waals surface area contributed by atoms with Crippen LogP contribution >= 0.6 is 22.9 Å². The van der Waals surface area contributed by atoms with Crippen LogP contribution in [0.4, 0.5) is 0 Å². The van der Waals surface area contributed by atoms with Gasteiger partial charge in [0.15, 0.2) is 0 Å². The largest absolute Gasteiger partial charge is 0.480 e. The molecule has 1 aromatic heterocycles. The van der Waals surface area contributed by atoms with Crippen molar-refractivity contribution in [3.63, 3.8) is 0 Å². The van der Waals surface area contributed by atoms with Crippen LogP contribution in [0.25, 0.3) is 6.08 Å². The third-order valence-electron chi connectivity index (χ3n) is 2.83. The first kappa shape index (κ1) is 14.0. The van der Waals surface area contributed by atoms with E-state index in [-0.39, 0.29) is 13.0 Å². The number of likely N-dealkylation sites (tertiary alicyclic amines) is 1. The highest BCUT2D eigenvalue weighted by Crippen LogP contribution is 2.23. The molecular formula is C12H12ClNO4S. The molecule has 7 heteroatoms. The highest BCUT2D eigenvalue weighted by atomic mass is 35.5. The van der Waals surface area contributed by atoms with Crippen LogP contribution in [0.5, 0.6) is 0 Å². The molecule has 2 heterocycles. The zero-order valence-corrected chi connectivity index (χ0v) is 11.4. The van der Waals surface area contributed by atoms with Crippen LogP contribution in [0.1, 0.15) is 11.3 Å². The molecule has 0 unspecified atom stereocenters. The average Bonchev–Trinajstić information content (AvgIpc) is 2.92. The number of β-amino-alcohol motifs (C(OH)–C–C–N with tert-alkyl or cyclic N) is 1. The maximum Gasteiger partial charge on any atom is 0.326 e. The summed E-state index contributed by atoms with van der Waals surface area (Å²) in [4.78, 5) is 24.9. The summed E-state index contributed by atoms with van der Waals surface area (Å²) in [6.45, 7) is 0.0470. The van der Waals surface area contributed by atoms with Crippen LogP contribution in [0.2, 0.25) is 4.34 Å². The van der Waals surface area contributed by atoms with Gasteiger partial charge >= 0.3 is 5.97 Å². The Bertz CT molecular complexity index is 528. The van der Waals surface area contributed by atoms with E-state index >= 15 is 0 Å². The van der Waals surface area contributed by atoms with Gasteiger partial charge in [0.1, 0.15) is 6.04 Å². The van der Waals surface area contributed by atoms with Crippen LogP contribution in [0.15, 0.2) is 18.2 Å². The maximum absolute atomic E-state index is 11.9. The molecule has 102 valence electrons. The van der Waals surface area contributed by atoms with Crippen LogP contribution in [0, 0.1) is 0 Å². The summed E-state index contributed by atoms with van der Waals surface area (Å²) in [5.74, 6) is -1.52. The quantitative estimate of drug-likeness (QED) is 0.829. The number of nitrogens with zero attached hydrogens (tertiary/aromatic N) is 1. The number of carboxylic acid groups (broad SMARTS) is 1. The van der Waals surface area contributed by atoms with E-state index in [0.29, 0.717) is 4.34 Å². The van der Waals surface area contributed by atoms with Crippen LogP contribution in [-0.4, -0.2) is 45.7 Å². The van der Waals surface area contributed by atoms with Gasteiger partial charge in [-0.2, -0.15) is 0 Å². The Morgan fingerprint density at radius 2 is 2.21 bits per heavy atom. The number of carboxylic acids is 1. The third kappa shape index (κ3) is 3.34. The molecule has 0 aromatic carbocycles. The summed E-state index contributed by atoms with van der Waals surface area (Å²) in [5, 5.41) is 18.5. The summed E-state index contributed by atoms with van der Waals surface area (Å²) in [5.41, 5.74) is 0. The van der Waals surface area contributed by atoms with Gasteiger partial charge in [0.25, 0.3) is 0 Å². The highest BCUT2D eigenvalue weighted by Gasteiger charge is 2.37. The van der Waals surface area contributed by atoms with E-state index in [2.05, 4.69) is 0 Å². The number of carbonyl (C=O) groups excluding carboxylic acids is 1. The number of aliphatic carboxylic acids is 1. The van der Waals surface area contributed by atoms with Crippen LogP contribution in [0.3, 0.4) is 0 Å². The summed E-state index contributed by atoms with van der Waals surface area (Å²) in [7, 11) is 0. The van der Waals surface area contributed by atoms with Crippen molar-refractivity contribution < 1.29 is 19.8 Å². The van der Waals surface area contributed by atoms with Gasteiger partial charge in [-0.05, 0) is 18.2 Å². The molecule has 0 spiro atoms. The molecule has 2 N–H and O–H groups in total. The topological polar surface area (TPSA) is 77.8 Å². The molecule has 1 fully saturated rings. The van der Waals surface area contributed by atoms with Crippen molar-refractivity contribution in [2.45, 2.75) is 18.6 Å². The summed E-state index contributed by atoms with van der Waals surface area (Å²) in [6.07, 6.45) is 2.17. The molecule has 1 amide bonds. The van der Waals surface area contributed by atoms with Gasteiger partial charge in [-0.15, -0.1) is 11.3 Å². The minimum atomic E-state index is -1.10. The van der Waals surface area contributed by atoms with Crippen LogP contribution in [-0.2, 0) is 9.59 Å². The Kier molecular flexibility index (Phi) is 4.24. The first-order valence-electron chi connectivity index (χ1n) is 5.62. The molecule has 19 heavy (non-hydrogen) atoms. The van der Waals surface area contributed by atoms with E-state index in [1.165, 1.54) is 22.3 Å². The molecule has 1 aliphatic heterocycles. The second kappa shape index (κ2) is 5.73. The Morgan fingerprint density at radius 3 is 2.79 bits per heavy atom. The molecule has 1 saturated heterocycles. The van der Waals surface area contributed by atoms with Crippen molar-refractivity contribution in [1.29, 1.82) is 0 Å². The molecule has 0 saturated carbocycles. The smallest absolute Gasteiger partial charge is 0.326 e. The molecule has 0 bridgehead atoms. The van der Waals surface area contributed by atoms with Crippen molar-refractivity contribution in [3.05, 3.63) is 27.4 Å². The summed E-state index contributed by atoms with van der Waals surface area (Å²) in [6, 6.07) is 2.53. The molecule has 1 aromatic rings. The lowest BCUT2D eigenvalue weighted by atomic mass is 10.2. The van der Waals surface area contributed by atoms with E-state index in [4.69, 9.17) is 16.7 Å². The predicted molar refractivity (Wildman–Crippen MR) is 72.1 cm³/mol. The number of carbonyl (C=O) groups is 2. The van der Waals surface area contributed by atoms with E-state index in [9.17, 15) is 14.7 Å². The minimum Gasteiger partial charge on any atom is -0.480 e. The SMILES string of the molecule is O=C(O)[C@@H]1C[C@H](O)CN1C(=O)C=Cc1ccc(Cl)s1. The predicted octanol–water partition coefficient (Wildman–Crippen LogP) is 1.46. The fourth-order valence-corrected chi connectivity index (χ4v) is 2.92. The van der Waals surface area contributed by atoms with E-state index < -0.39 is 24.0 Å². The molecule has 1 aliphatic rings. The minimum absolute atomic E-state index is 0.0470. The standard InChI is InChI=1S/C12H12ClNO4S/c13-10-3-1-8(19-10)2-4-11(16)14-6-7(15)5-9(14)12(17)18/h1-4,7,9,15H,5-6H2,(H,17,18)/t7-,9-/m0/s1. The van der Waals surface area contributed by atoms with Crippen LogP contribution < -0.4 is 0 Å². The van der Waals surface area contributed by atoms with Gasteiger partial charge < -0.3 is 15.1 Å². The van der Waals surface area contributed by atoms with E-state index in [1.807, 2.05) is 0 Å². The zero-order chi connectivity index (χ0) is 14.0. The number of thiophene rings is 1. The van der Waals surface area contributed by atoms with Gasteiger partial charge in [-0.1, -0.05) is 11.6 Å². The molecular weight excluding hydrogens is 290 g/mol. The van der Waals surface area contributed by atoms with Crippen molar-refractivity contribution in [1.82, 2.24) is 4.90 Å². The fraction of sp³-hybridized carbons (Fsp3) is 0.333. The van der Waals surface area contributed by atoms with E-state index in [1.54, 1.807) is 18.2 Å². The van der Waals surface area contributed by atoms with Gasteiger partial charge in [0.2, 0.25) is 5.91 Å². The molecule has 5 nitrogen and oxygen atoms in total. The van der Waals surface area contributed by atoms with E-state index in [0.717, 1.165) is 4.88 Å². The lowest BCUT2D eigenvalue weighted by Gasteiger charge is -2.19. The molecule has 2 rings (SSSR count). The molecule has 0 aliphatic carbocycles. The Balaban J connectivity index is 2.06. The summed E-state index contributed by atoms with van der Waals surface area (Å²) < 4.78 is 0.618. The van der Waals surface area contributed by atoms with Gasteiger partial charge in [0.05, 0.1) is 10.4 Å². The lowest BCUT2D eigenvalue weighted by Crippen LogP contribution is -2.39. The number of rotatable bonds is 3. The normalized spacial score (nSPS) is 23.2. The molecule has 2 atom stereocenters. The maximum atomic E-state index is 11.9. The number of hydrogen-bond acceptors (Lipinski definition) is 4. The van der Waals surface area contributed by atoms with Crippen molar-refractivity contribution in [2.75, 3.05) is 6.54 Å². The number of aliphatic hydroxyl groups is 1. The van der Waals surface area contributed by atoms with Crippen molar-refractivity contribution >= 4 is 40.9 Å². The Hall–Kier alpha value is -1.37. The lowest BCUT2D eigenvalue weighted by molar-refractivity contribution is -0.146. The van der Waals surface area contributed by atoms with Gasteiger partial charge in [0, 0.05) is 23.9 Å². The second-order valence-corrected chi connectivity index (χ2v) is 5.96. The fourth-order valence-electron chi connectivity index (χ4n) is 1.96. The van der Waals surface area contributed by atoms with Gasteiger partial charge in [-0.25, -0.2) is 4.79 Å². The number of hydrogen-bond donors (Lipinski definition) is 2. The number of amides is 1. The first-order chi connectivity index (χ1) is 8.97. The zero-order valence-electron chi connectivity index (χ0n) is 9.82. The van der Waals surface area contributed by atoms with Gasteiger partial charge in [-0.3, -0.25) is 4.79 Å². The first-order valence-corrected chi connectivity index (χ1v) is 6.81. The Labute approximate surface area is 118 Å². The Morgan fingerprint density at radius 1 is 1.47 bits per heavy atom. The number of halogens is 1. The van der Waals surface area contributed by atoms with Crippen molar-refractivity contribution in [2.24, 2.45) is 0 Å². The van der Waals surface area contributed by atoms with Crippen molar-refractivity contribution in [3.8, 4) is 0 Å².